The number of hydrogen-bond donors (Lipinski definition) is 2. The Morgan fingerprint density at radius 2 is 2.04 bits per heavy atom. The van der Waals surface area contributed by atoms with Crippen molar-refractivity contribution < 1.29 is 14.8 Å². The number of halogens is 1. The molecule has 0 saturated carbocycles. The van der Waals surface area contributed by atoms with Crippen LogP contribution in [-0.4, -0.2) is 31.9 Å². The molecule has 3 aromatic rings. The molecule has 2 aromatic carbocycles. The molecule has 0 bridgehead atoms. The van der Waals surface area contributed by atoms with Crippen LogP contribution in [-0.2, 0) is 6.54 Å². The fourth-order valence-corrected chi connectivity index (χ4v) is 2.71. The van der Waals surface area contributed by atoms with E-state index in [0.717, 1.165) is 10.0 Å². The monoisotopic (exact) mass is 443 g/mol. The van der Waals surface area contributed by atoms with Crippen molar-refractivity contribution in [3.8, 4) is 5.75 Å². The van der Waals surface area contributed by atoms with Crippen LogP contribution in [0.1, 0.15) is 21.6 Å². The second-order valence-electron chi connectivity index (χ2n) is 5.72. The zero-order valence-electron chi connectivity index (χ0n) is 14.3. The number of non-ortho nitro benzene ring substituents is 1. The molecule has 9 nitrogen and oxygen atoms in total. The lowest BCUT2D eigenvalue weighted by molar-refractivity contribution is -0.384. The number of hydrazone groups is 1. The van der Waals surface area contributed by atoms with E-state index in [2.05, 4.69) is 31.6 Å². The van der Waals surface area contributed by atoms with Crippen molar-refractivity contribution in [2.75, 3.05) is 0 Å². The van der Waals surface area contributed by atoms with Crippen molar-refractivity contribution in [3.05, 3.63) is 86.1 Å². The first-order valence-corrected chi connectivity index (χ1v) is 8.80. The summed E-state index contributed by atoms with van der Waals surface area (Å²) in [5.41, 5.74) is 3.77. The van der Waals surface area contributed by atoms with Gasteiger partial charge in [-0.15, -0.1) is 0 Å². The molecule has 2 N–H and O–H groups in total. The molecule has 0 unspecified atom stereocenters. The second kappa shape index (κ2) is 8.44. The van der Waals surface area contributed by atoms with Crippen LogP contribution in [0, 0.1) is 10.1 Å². The van der Waals surface area contributed by atoms with Crippen LogP contribution in [0.5, 0.6) is 5.75 Å². The summed E-state index contributed by atoms with van der Waals surface area (Å²) in [6.45, 7) is 0.362. The van der Waals surface area contributed by atoms with E-state index in [9.17, 15) is 20.0 Å². The first-order chi connectivity index (χ1) is 13.4. The number of nitro groups is 1. The molecule has 142 valence electrons. The molecule has 0 aliphatic carbocycles. The summed E-state index contributed by atoms with van der Waals surface area (Å²) >= 11 is 3.29. The number of nitrogens with zero attached hydrogens (tertiary/aromatic N) is 4. The molecule has 0 aliphatic heterocycles. The van der Waals surface area contributed by atoms with Crippen molar-refractivity contribution in [2.45, 2.75) is 6.54 Å². The number of rotatable bonds is 6. The highest BCUT2D eigenvalue weighted by molar-refractivity contribution is 9.10. The van der Waals surface area contributed by atoms with Crippen LogP contribution in [0.25, 0.3) is 0 Å². The minimum absolute atomic E-state index is 0.0126. The average Bonchev–Trinajstić information content (AvgIpc) is 3.13. The maximum absolute atomic E-state index is 12.1. The summed E-state index contributed by atoms with van der Waals surface area (Å²) in [7, 11) is 0. The first kappa shape index (κ1) is 19.2. The van der Waals surface area contributed by atoms with Gasteiger partial charge in [0.1, 0.15) is 5.75 Å². The van der Waals surface area contributed by atoms with E-state index < -0.39 is 10.8 Å². The molecule has 1 amide bonds. The summed E-state index contributed by atoms with van der Waals surface area (Å²) < 4.78 is 2.31. The number of benzene rings is 2. The van der Waals surface area contributed by atoms with Gasteiger partial charge in [-0.2, -0.15) is 10.2 Å². The van der Waals surface area contributed by atoms with E-state index in [4.69, 9.17) is 0 Å². The van der Waals surface area contributed by atoms with E-state index in [1.807, 2.05) is 0 Å². The van der Waals surface area contributed by atoms with Crippen molar-refractivity contribution in [3.63, 3.8) is 0 Å². The van der Waals surface area contributed by atoms with Crippen LogP contribution in [0.2, 0.25) is 0 Å². The van der Waals surface area contributed by atoms with Gasteiger partial charge in [0, 0.05) is 28.4 Å². The van der Waals surface area contributed by atoms with E-state index in [0.29, 0.717) is 12.1 Å². The lowest BCUT2D eigenvalue weighted by atomic mass is 10.2. The van der Waals surface area contributed by atoms with Crippen LogP contribution < -0.4 is 5.43 Å². The van der Waals surface area contributed by atoms with E-state index in [-0.39, 0.29) is 17.1 Å². The zero-order valence-corrected chi connectivity index (χ0v) is 15.9. The molecule has 0 radical (unpaired) electrons. The third-order valence-electron chi connectivity index (χ3n) is 3.72. The van der Waals surface area contributed by atoms with Gasteiger partial charge in [0.25, 0.3) is 11.6 Å². The summed E-state index contributed by atoms with van der Waals surface area (Å²) in [5.74, 6) is -0.471. The zero-order chi connectivity index (χ0) is 20.1. The van der Waals surface area contributed by atoms with Crippen molar-refractivity contribution in [1.29, 1.82) is 0 Å². The first-order valence-electron chi connectivity index (χ1n) is 8.01. The Morgan fingerprint density at radius 1 is 1.29 bits per heavy atom. The largest absolute Gasteiger partial charge is 0.507 e. The maximum atomic E-state index is 12.1. The molecule has 1 heterocycles. The second-order valence-corrected chi connectivity index (χ2v) is 6.64. The van der Waals surface area contributed by atoms with E-state index >= 15 is 0 Å². The molecule has 3 rings (SSSR count). The predicted molar refractivity (Wildman–Crippen MR) is 105 cm³/mol. The molecule has 0 spiro atoms. The Balaban J connectivity index is 1.61. The number of nitrogens with one attached hydrogen (secondary N) is 1. The quantitative estimate of drug-likeness (QED) is 0.344. The lowest BCUT2D eigenvalue weighted by Gasteiger charge is -2.02. The smallest absolute Gasteiger partial charge is 0.291 e. The van der Waals surface area contributed by atoms with Gasteiger partial charge < -0.3 is 5.11 Å². The van der Waals surface area contributed by atoms with Gasteiger partial charge in [-0.05, 0) is 29.8 Å². The number of carbonyl (C=O) groups is 1. The highest BCUT2D eigenvalue weighted by Crippen LogP contribution is 2.20. The average molecular weight is 444 g/mol. The van der Waals surface area contributed by atoms with Gasteiger partial charge in [0.05, 0.1) is 17.7 Å². The summed E-state index contributed by atoms with van der Waals surface area (Å²) in [6, 6.07) is 12.5. The van der Waals surface area contributed by atoms with E-state index in [1.165, 1.54) is 30.5 Å². The number of nitro benzene ring substituents is 1. The Kier molecular flexibility index (Phi) is 5.80. The third-order valence-corrected chi connectivity index (χ3v) is 4.22. The molecule has 28 heavy (non-hydrogen) atoms. The number of aromatic hydroxyl groups is 1. The summed E-state index contributed by atoms with van der Waals surface area (Å²) in [4.78, 5) is 22.3. The maximum Gasteiger partial charge on any atom is 0.291 e. The Hall–Kier alpha value is -3.53. The van der Waals surface area contributed by atoms with E-state index in [1.54, 1.807) is 35.1 Å². The molecule has 0 fully saturated rings. The number of hydrogen-bond acceptors (Lipinski definition) is 6. The third kappa shape index (κ3) is 4.80. The Bertz CT molecular complexity index is 1050. The minimum atomic E-state index is -0.506. The van der Waals surface area contributed by atoms with Gasteiger partial charge in [0.15, 0.2) is 5.69 Å². The van der Waals surface area contributed by atoms with Crippen LogP contribution in [0.15, 0.2) is 64.3 Å². The molecule has 1 aromatic heterocycles. The lowest BCUT2D eigenvalue weighted by Crippen LogP contribution is -2.18. The summed E-state index contributed by atoms with van der Waals surface area (Å²) in [5, 5.41) is 28.4. The van der Waals surface area contributed by atoms with Gasteiger partial charge >= 0.3 is 0 Å². The minimum Gasteiger partial charge on any atom is -0.507 e. The Labute approximate surface area is 167 Å². The van der Waals surface area contributed by atoms with Gasteiger partial charge in [-0.1, -0.05) is 28.1 Å². The molecular weight excluding hydrogens is 430 g/mol. The van der Waals surface area contributed by atoms with Crippen molar-refractivity contribution in [1.82, 2.24) is 15.2 Å². The van der Waals surface area contributed by atoms with Crippen molar-refractivity contribution >= 4 is 33.7 Å². The van der Waals surface area contributed by atoms with Crippen LogP contribution in [0.4, 0.5) is 5.69 Å². The standard InChI is InChI=1S/C18H14BrN5O4/c19-14-3-6-17(25)13(9-14)10-20-21-18(26)16-7-8-23(22-16)11-12-1-4-15(5-2-12)24(27)28/h1-10,25H,11H2,(H,21,26)/b20-10-. The molecule has 0 saturated heterocycles. The topological polar surface area (TPSA) is 123 Å². The molecule has 0 aliphatic rings. The van der Waals surface area contributed by atoms with Gasteiger partial charge in [0.2, 0.25) is 0 Å². The number of aromatic nitrogens is 2. The fraction of sp³-hybridized carbons (Fsp3) is 0.0556. The molecule has 0 atom stereocenters. The van der Waals surface area contributed by atoms with Gasteiger partial charge in [-0.25, -0.2) is 5.43 Å². The SMILES string of the molecule is O=C(N/N=C\c1cc(Br)ccc1O)c1ccn(Cc2ccc([N+](=O)[O-])cc2)n1. The normalized spacial score (nSPS) is 10.9. The van der Waals surface area contributed by atoms with Crippen LogP contribution >= 0.6 is 15.9 Å². The fourth-order valence-electron chi connectivity index (χ4n) is 2.33. The number of phenols is 1. The molecular formula is C18H14BrN5O4. The number of amides is 1. The predicted octanol–water partition coefficient (Wildman–Crippen LogP) is 3.07. The van der Waals surface area contributed by atoms with Gasteiger partial charge in [-0.3, -0.25) is 19.6 Å². The van der Waals surface area contributed by atoms with Crippen LogP contribution in [0.3, 0.4) is 0 Å². The highest BCUT2D eigenvalue weighted by atomic mass is 79.9. The van der Waals surface area contributed by atoms with Crippen molar-refractivity contribution in [2.24, 2.45) is 5.10 Å². The highest BCUT2D eigenvalue weighted by Gasteiger charge is 2.10. The number of carbonyl (C=O) groups excluding carboxylic acids is 1. The number of phenolic OH excluding ortho intramolecular Hbond substituents is 1. The summed E-state index contributed by atoms with van der Waals surface area (Å²) in [6.07, 6.45) is 2.95. The Morgan fingerprint density at radius 3 is 2.75 bits per heavy atom. The molecule has 10 heteroatoms.